The Morgan fingerprint density at radius 2 is 2.06 bits per heavy atom. The van der Waals surface area contributed by atoms with Crippen LogP contribution in [0.1, 0.15) is 25.8 Å². The fourth-order valence-corrected chi connectivity index (χ4v) is 2.63. The second-order valence-electron chi connectivity index (χ2n) is 5.18. The van der Waals surface area contributed by atoms with Gasteiger partial charge in [-0.25, -0.2) is 4.39 Å². The van der Waals surface area contributed by atoms with E-state index < -0.39 is 0 Å². The Morgan fingerprint density at radius 3 is 2.76 bits per heavy atom. The molecule has 3 heteroatoms. The lowest BCUT2D eigenvalue weighted by Crippen LogP contribution is -2.52. The second-order valence-corrected chi connectivity index (χ2v) is 5.18. The van der Waals surface area contributed by atoms with E-state index in [1.807, 2.05) is 13.0 Å². The van der Waals surface area contributed by atoms with E-state index in [0.29, 0.717) is 12.0 Å². The van der Waals surface area contributed by atoms with Gasteiger partial charge in [0, 0.05) is 24.3 Å². The Morgan fingerprint density at radius 1 is 1.35 bits per heavy atom. The fraction of sp³-hybridized carbons (Fsp3) is 0.571. The van der Waals surface area contributed by atoms with E-state index in [0.717, 1.165) is 24.2 Å². The highest BCUT2D eigenvalue weighted by Gasteiger charge is 2.30. The Hall–Kier alpha value is -1.09. The molecule has 94 valence electrons. The van der Waals surface area contributed by atoms with Gasteiger partial charge in [0.25, 0.3) is 0 Å². The first-order chi connectivity index (χ1) is 8.00. The third-order valence-corrected chi connectivity index (χ3v) is 4.11. The highest BCUT2D eigenvalue weighted by molar-refractivity contribution is 5.54. The zero-order valence-electron chi connectivity index (χ0n) is 10.8. The van der Waals surface area contributed by atoms with E-state index in [-0.39, 0.29) is 11.9 Å². The monoisotopic (exact) mass is 236 g/mol. The van der Waals surface area contributed by atoms with Gasteiger partial charge < -0.3 is 10.6 Å². The SMILES string of the molecule is Cc1ccc(F)cc1N1CCC(N)C(C)C1C. The summed E-state index contributed by atoms with van der Waals surface area (Å²) in [7, 11) is 0. The van der Waals surface area contributed by atoms with Gasteiger partial charge in [-0.3, -0.25) is 0 Å². The molecule has 2 N–H and O–H groups in total. The average Bonchev–Trinajstić information content (AvgIpc) is 2.30. The summed E-state index contributed by atoms with van der Waals surface area (Å²) in [5.74, 6) is 0.270. The molecule has 1 heterocycles. The van der Waals surface area contributed by atoms with E-state index in [4.69, 9.17) is 5.73 Å². The summed E-state index contributed by atoms with van der Waals surface area (Å²) in [5.41, 5.74) is 8.21. The van der Waals surface area contributed by atoms with Crippen molar-refractivity contribution in [3.63, 3.8) is 0 Å². The van der Waals surface area contributed by atoms with Crippen molar-refractivity contribution >= 4 is 5.69 Å². The summed E-state index contributed by atoms with van der Waals surface area (Å²) < 4.78 is 13.4. The molecule has 0 aliphatic carbocycles. The summed E-state index contributed by atoms with van der Waals surface area (Å²) in [5, 5.41) is 0. The van der Waals surface area contributed by atoms with Crippen LogP contribution in [-0.2, 0) is 0 Å². The third kappa shape index (κ3) is 2.29. The van der Waals surface area contributed by atoms with E-state index in [9.17, 15) is 4.39 Å². The van der Waals surface area contributed by atoms with Crippen LogP contribution in [0, 0.1) is 18.7 Å². The number of anilines is 1. The van der Waals surface area contributed by atoms with Gasteiger partial charge in [0.2, 0.25) is 0 Å². The lowest BCUT2D eigenvalue weighted by atomic mass is 9.87. The number of aryl methyl sites for hydroxylation is 1. The minimum absolute atomic E-state index is 0.166. The van der Waals surface area contributed by atoms with Crippen LogP contribution in [0.25, 0.3) is 0 Å². The van der Waals surface area contributed by atoms with Crippen LogP contribution in [0.4, 0.5) is 10.1 Å². The van der Waals surface area contributed by atoms with Gasteiger partial charge in [-0.15, -0.1) is 0 Å². The number of piperidine rings is 1. The van der Waals surface area contributed by atoms with Gasteiger partial charge >= 0.3 is 0 Å². The fourth-order valence-electron chi connectivity index (χ4n) is 2.63. The van der Waals surface area contributed by atoms with Gasteiger partial charge in [0.15, 0.2) is 0 Å². The molecule has 1 aromatic rings. The number of nitrogens with zero attached hydrogens (tertiary/aromatic N) is 1. The Bertz CT molecular complexity index is 405. The van der Waals surface area contributed by atoms with Crippen LogP contribution in [-0.4, -0.2) is 18.6 Å². The predicted octanol–water partition coefficient (Wildman–Crippen LogP) is 2.70. The van der Waals surface area contributed by atoms with E-state index in [1.165, 1.54) is 6.07 Å². The zero-order valence-corrected chi connectivity index (χ0v) is 10.8. The van der Waals surface area contributed by atoms with Gasteiger partial charge in [-0.2, -0.15) is 0 Å². The van der Waals surface area contributed by atoms with Gasteiger partial charge in [-0.1, -0.05) is 13.0 Å². The molecule has 1 aliphatic heterocycles. The lowest BCUT2D eigenvalue weighted by Gasteiger charge is -2.43. The van der Waals surface area contributed by atoms with Crippen LogP contribution in [0.15, 0.2) is 18.2 Å². The molecule has 1 fully saturated rings. The highest BCUT2D eigenvalue weighted by Crippen LogP contribution is 2.30. The summed E-state index contributed by atoms with van der Waals surface area (Å²) in [4.78, 5) is 2.28. The molecule has 0 spiro atoms. The molecule has 3 atom stereocenters. The quantitative estimate of drug-likeness (QED) is 0.812. The first kappa shape index (κ1) is 12.4. The number of halogens is 1. The smallest absolute Gasteiger partial charge is 0.125 e. The minimum atomic E-state index is -0.166. The third-order valence-electron chi connectivity index (χ3n) is 4.11. The molecular formula is C14H21FN2. The van der Waals surface area contributed by atoms with E-state index in [2.05, 4.69) is 18.7 Å². The van der Waals surface area contributed by atoms with Crippen molar-refractivity contribution in [2.75, 3.05) is 11.4 Å². The highest BCUT2D eigenvalue weighted by atomic mass is 19.1. The van der Waals surface area contributed by atoms with E-state index >= 15 is 0 Å². The van der Waals surface area contributed by atoms with Crippen molar-refractivity contribution in [1.82, 2.24) is 0 Å². The molecule has 0 aromatic heterocycles. The van der Waals surface area contributed by atoms with Crippen molar-refractivity contribution < 1.29 is 4.39 Å². The largest absolute Gasteiger partial charge is 0.368 e. The molecule has 1 aliphatic rings. The number of benzene rings is 1. The first-order valence-corrected chi connectivity index (χ1v) is 6.29. The molecule has 17 heavy (non-hydrogen) atoms. The number of nitrogens with two attached hydrogens (primary N) is 1. The molecule has 1 saturated heterocycles. The molecule has 1 aromatic carbocycles. The second kappa shape index (κ2) is 4.65. The number of hydrogen-bond donors (Lipinski definition) is 1. The van der Waals surface area contributed by atoms with Crippen LogP contribution >= 0.6 is 0 Å². The maximum Gasteiger partial charge on any atom is 0.125 e. The van der Waals surface area contributed by atoms with Crippen molar-refractivity contribution in [3.05, 3.63) is 29.6 Å². The molecule has 0 amide bonds. The number of rotatable bonds is 1. The van der Waals surface area contributed by atoms with Crippen LogP contribution in [0.3, 0.4) is 0 Å². The summed E-state index contributed by atoms with van der Waals surface area (Å²) in [6.45, 7) is 7.29. The van der Waals surface area contributed by atoms with Crippen LogP contribution in [0.5, 0.6) is 0 Å². The Labute approximate surface area is 103 Å². The van der Waals surface area contributed by atoms with Crippen molar-refractivity contribution in [3.8, 4) is 0 Å². The molecule has 0 saturated carbocycles. The normalized spacial score (nSPS) is 29.5. The van der Waals surface area contributed by atoms with E-state index in [1.54, 1.807) is 6.07 Å². The number of hydrogen-bond acceptors (Lipinski definition) is 2. The first-order valence-electron chi connectivity index (χ1n) is 6.29. The van der Waals surface area contributed by atoms with Crippen molar-refractivity contribution in [2.24, 2.45) is 11.7 Å². The molecule has 0 radical (unpaired) electrons. The molecule has 3 unspecified atom stereocenters. The standard InChI is InChI=1S/C14H21FN2/c1-9-4-5-12(15)8-14(9)17-7-6-13(16)10(2)11(17)3/h4-5,8,10-11,13H,6-7,16H2,1-3H3. The lowest BCUT2D eigenvalue weighted by molar-refractivity contribution is 0.315. The molecule has 2 nitrogen and oxygen atoms in total. The minimum Gasteiger partial charge on any atom is -0.368 e. The topological polar surface area (TPSA) is 29.3 Å². The van der Waals surface area contributed by atoms with Crippen molar-refractivity contribution in [1.29, 1.82) is 0 Å². The molecular weight excluding hydrogens is 215 g/mol. The summed E-state index contributed by atoms with van der Waals surface area (Å²) in [6, 6.07) is 5.61. The van der Waals surface area contributed by atoms with Gasteiger partial charge in [-0.05, 0) is 43.9 Å². The summed E-state index contributed by atoms with van der Waals surface area (Å²) >= 11 is 0. The van der Waals surface area contributed by atoms with Gasteiger partial charge in [0.05, 0.1) is 0 Å². The Kier molecular flexibility index (Phi) is 3.38. The maximum atomic E-state index is 13.4. The summed E-state index contributed by atoms with van der Waals surface area (Å²) in [6.07, 6.45) is 0.974. The zero-order chi connectivity index (χ0) is 12.6. The van der Waals surface area contributed by atoms with Crippen LogP contribution < -0.4 is 10.6 Å². The Balaban J connectivity index is 2.30. The predicted molar refractivity (Wildman–Crippen MR) is 69.7 cm³/mol. The van der Waals surface area contributed by atoms with Gasteiger partial charge in [0.1, 0.15) is 5.82 Å². The molecule has 2 rings (SSSR count). The maximum absolute atomic E-state index is 13.4. The molecule has 0 bridgehead atoms. The van der Waals surface area contributed by atoms with Crippen molar-refractivity contribution in [2.45, 2.75) is 39.3 Å². The van der Waals surface area contributed by atoms with Crippen LogP contribution in [0.2, 0.25) is 0 Å². The average molecular weight is 236 g/mol.